The molecule has 0 radical (unpaired) electrons. The van der Waals surface area contributed by atoms with Crippen molar-refractivity contribution in [1.29, 1.82) is 0 Å². The molecule has 0 atom stereocenters. The third-order valence-corrected chi connectivity index (χ3v) is 3.93. The van der Waals surface area contributed by atoms with E-state index in [0.717, 1.165) is 18.6 Å². The van der Waals surface area contributed by atoms with Gasteiger partial charge in [-0.15, -0.1) is 0 Å². The molecule has 7 heteroatoms. The van der Waals surface area contributed by atoms with Crippen LogP contribution in [0.2, 0.25) is 0 Å². The van der Waals surface area contributed by atoms with E-state index < -0.39 is 5.97 Å². The van der Waals surface area contributed by atoms with Gasteiger partial charge in [0, 0.05) is 31.2 Å². The van der Waals surface area contributed by atoms with Crippen LogP contribution < -0.4 is 0 Å². The number of aliphatic carboxylic acids is 1. The topological polar surface area (TPSA) is 92.9 Å². The van der Waals surface area contributed by atoms with Crippen molar-refractivity contribution in [2.24, 2.45) is 0 Å². The largest absolute Gasteiger partial charge is 0.480 e. The molecular formula is C14H18N2O5. The van der Waals surface area contributed by atoms with Gasteiger partial charge in [0.05, 0.1) is 0 Å². The van der Waals surface area contributed by atoms with Crippen LogP contribution in [-0.2, 0) is 9.53 Å². The average molecular weight is 294 g/mol. The fourth-order valence-electron chi connectivity index (χ4n) is 2.61. The molecular weight excluding hydrogens is 276 g/mol. The maximum absolute atomic E-state index is 12.5. The van der Waals surface area contributed by atoms with Gasteiger partial charge in [-0.3, -0.25) is 9.59 Å². The van der Waals surface area contributed by atoms with Crippen molar-refractivity contribution in [1.82, 2.24) is 10.1 Å². The Balaban J connectivity index is 1.76. The lowest BCUT2D eigenvalue weighted by Gasteiger charge is -2.32. The summed E-state index contributed by atoms with van der Waals surface area (Å²) < 4.78 is 10.4. The first-order valence-electron chi connectivity index (χ1n) is 7.22. The van der Waals surface area contributed by atoms with Gasteiger partial charge in [-0.1, -0.05) is 5.16 Å². The molecule has 0 spiro atoms. The molecule has 1 N–H and O–H groups in total. The van der Waals surface area contributed by atoms with Gasteiger partial charge in [-0.05, 0) is 25.7 Å². The number of ether oxygens (including phenoxy) is 1. The summed E-state index contributed by atoms with van der Waals surface area (Å²) >= 11 is 0. The van der Waals surface area contributed by atoms with Gasteiger partial charge in [0.15, 0.2) is 5.69 Å². The van der Waals surface area contributed by atoms with E-state index in [1.165, 1.54) is 4.90 Å². The number of carbonyl (C=O) groups excluding carboxylic acids is 1. The van der Waals surface area contributed by atoms with Crippen molar-refractivity contribution < 1.29 is 24.0 Å². The number of aromatic nitrogens is 1. The highest BCUT2D eigenvalue weighted by Crippen LogP contribution is 2.40. The van der Waals surface area contributed by atoms with E-state index in [1.54, 1.807) is 6.07 Å². The van der Waals surface area contributed by atoms with E-state index in [-0.39, 0.29) is 24.2 Å². The van der Waals surface area contributed by atoms with E-state index in [1.807, 2.05) is 0 Å². The fourth-order valence-corrected chi connectivity index (χ4v) is 2.61. The van der Waals surface area contributed by atoms with Crippen LogP contribution in [0.25, 0.3) is 0 Å². The second kappa shape index (κ2) is 5.85. The molecule has 1 saturated heterocycles. The molecule has 0 aromatic carbocycles. The maximum Gasteiger partial charge on any atom is 0.323 e. The molecule has 1 aromatic rings. The van der Waals surface area contributed by atoms with Gasteiger partial charge in [0.25, 0.3) is 5.91 Å². The maximum atomic E-state index is 12.5. The lowest BCUT2D eigenvalue weighted by atomic mass is 10.1. The Morgan fingerprint density at radius 3 is 2.62 bits per heavy atom. The molecule has 1 aliphatic carbocycles. The molecule has 1 aromatic heterocycles. The van der Waals surface area contributed by atoms with E-state index in [9.17, 15) is 9.59 Å². The van der Waals surface area contributed by atoms with Crippen molar-refractivity contribution in [2.75, 3.05) is 19.8 Å². The van der Waals surface area contributed by atoms with Crippen LogP contribution in [0.1, 0.15) is 47.8 Å². The summed E-state index contributed by atoms with van der Waals surface area (Å²) in [4.78, 5) is 25.0. The number of hydrogen-bond acceptors (Lipinski definition) is 5. The summed E-state index contributed by atoms with van der Waals surface area (Å²) in [6.45, 7) is 0.759. The van der Waals surface area contributed by atoms with E-state index in [4.69, 9.17) is 14.4 Å². The number of amides is 1. The zero-order valence-corrected chi connectivity index (χ0v) is 11.7. The Hall–Kier alpha value is -1.89. The van der Waals surface area contributed by atoms with Crippen molar-refractivity contribution in [2.45, 2.75) is 37.6 Å². The number of rotatable bonds is 5. The van der Waals surface area contributed by atoms with Crippen molar-refractivity contribution in [3.8, 4) is 0 Å². The number of hydrogen-bond donors (Lipinski definition) is 1. The normalized spacial score (nSPS) is 19.4. The van der Waals surface area contributed by atoms with Gasteiger partial charge in [-0.25, -0.2) is 0 Å². The molecule has 1 aliphatic heterocycles. The Morgan fingerprint density at radius 2 is 2.00 bits per heavy atom. The highest BCUT2D eigenvalue weighted by Gasteiger charge is 2.33. The van der Waals surface area contributed by atoms with Crippen LogP contribution in [0.3, 0.4) is 0 Å². The Morgan fingerprint density at radius 1 is 1.29 bits per heavy atom. The van der Waals surface area contributed by atoms with Crippen LogP contribution in [-0.4, -0.2) is 52.8 Å². The van der Waals surface area contributed by atoms with Crippen LogP contribution in [0.4, 0.5) is 0 Å². The van der Waals surface area contributed by atoms with Crippen LogP contribution in [0.15, 0.2) is 10.6 Å². The minimum absolute atomic E-state index is 0.122. The standard InChI is InChI=1S/C14H18N2O5/c17-13(18)8-16(10-3-5-20-6-4-10)14(19)11-7-12(21-15-11)9-1-2-9/h7,9-10H,1-6,8H2,(H,17,18). The molecule has 0 unspecified atom stereocenters. The molecule has 1 saturated carbocycles. The number of nitrogens with zero attached hydrogens (tertiary/aromatic N) is 2. The predicted octanol–water partition coefficient (Wildman–Crippen LogP) is 1.26. The van der Waals surface area contributed by atoms with E-state index in [0.29, 0.717) is 32.0 Å². The summed E-state index contributed by atoms with van der Waals surface area (Å²) in [6, 6.07) is 1.53. The molecule has 7 nitrogen and oxygen atoms in total. The fraction of sp³-hybridized carbons (Fsp3) is 0.643. The van der Waals surface area contributed by atoms with E-state index in [2.05, 4.69) is 5.16 Å². The zero-order valence-electron chi connectivity index (χ0n) is 11.7. The third kappa shape index (κ3) is 3.24. The lowest BCUT2D eigenvalue weighted by molar-refractivity contribution is -0.138. The smallest absolute Gasteiger partial charge is 0.323 e. The minimum atomic E-state index is -1.03. The van der Waals surface area contributed by atoms with Crippen LogP contribution in [0.5, 0.6) is 0 Å². The molecule has 0 bridgehead atoms. The van der Waals surface area contributed by atoms with Crippen LogP contribution >= 0.6 is 0 Å². The summed E-state index contributed by atoms with van der Waals surface area (Å²) in [7, 11) is 0. The molecule has 1 amide bonds. The molecule has 114 valence electrons. The van der Waals surface area contributed by atoms with Gasteiger partial charge >= 0.3 is 5.97 Å². The molecule has 2 fully saturated rings. The number of carboxylic acid groups (broad SMARTS) is 1. The minimum Gasteiger partial charge on any atom is -0.480 e. The monoisotopic (exact) mass is 294 g/mol. The van der Waals surface area contributed by atoms with Crippen LogP contribution in [0, 0.1) is 0 Å². The molecule has 3 rings (SSSR count). The molecule has 2 aliphatic rings. The summed E-state index contributed by atoms with van der Waals surface area (Å²) in [5.41, 5.74) is 0.199. The third-order valence-electron chi connectivity index (χ3n) is 3.93. The Labute approximate surface area is 121 Å². The number of carbonyl (C=O) groups is 2. The second-order valence-corrected chi connectivity index (χ2v) is 5.56. The summed E-state index contributed by atoms with van der Waals surface area (Å²) in [6.07, 6.45) is 3.40. The zero-order chi connectivity index (χ0) is 14.8. The first-order chi connectivity index (χ1) is 10.1. The first-order valence-corrected chi connectivity index (χ1v) is 7.22. The predicted molar refractivity (Wildman–Crippen MR) is 71.0 cm³/mol. The van der Waals surface area contributed by atoms with Crippen molar-refractivity contribution in [3.05, 3.63) is 17.5 Å². The Bertz CT molecular complexity index is 531. The highest BCUT2D eigenvalue weighted by atomic mass is 16.5. The SMILES string of the molecule is O=C(O)CN(C(=O)c1cc(C2CC2)on1)C1CCOCC1. The van der Waals surface area contributed by atoms with Gasteiger partial charge in [0.2, 0.25) is 0 Å². The molecule has 21 heavy (non-hydrogen) atoms. The van der Waals surface area contributed by atoms with Gasteiger partial charge in [0.1, 0.15) is 12.3 Å². The second-order valence-electron chi connectivity index (χ2n) is 5.56. The lowest BCUT2D eigenvalue weighted by Crippen LogP contribution is -2.46. The van der Waals surface area contributed by atoms with Crippen molar-refractivity contribution >= 4 is 11.9 Å². The van der Waals surface area contributed by atoms with E-state index >= 15 is 0 Å². The first kappa shape index (κ1) is 14.1. The average Bonchev–Trinajstić information content (AvgIpc) is 3.22. The highest BCUT2D eigenvalue weighted by molar-refractivity contribution is 5.94. The quantitative estimate of drug-likeness (QED) is 0.878. The molecule has 2 heterocycles. The summed E-state index contributed by atoms with van der Waals surface area (Å²) in [5.74, 6) is -0.309. The van der Waals surface area contributed by atoms with Gasteiger partial charge in [-0.2, -0.15) is 0 Å². The Kier molecular flexibility index (Phi) is 3.92. The van der Waals surface area contributed by atoms with Crippen molar-refractivity contribution in [3.63, 3.8) is 0 Å². The van der Waals surface area contributed by atoms with Gasteiger partial charge < -0.3 is 19.3 Å². The number of carboxylic acids is 1. The summed E-state index contributed by atoms with van der Waals surface area (Å²) in [5, 5.41) is 12.9.